The molecule has 1 aliphatic heterocycles. The van der Waals surface area contributed by atoms with Crippen LogP contribution in [0.25, 0.3) is 44.0 Å². The molecule has 2 heterocycles. The van der Waals surface area contributed by atoms with Crippen molar-refractivity contribution in [3.8, 4) is 17.1 Å². The molecule has 4 aromatic carbocycles. The molecule has 5 heteroatoms. The van der Waals surface area contributed by atoms with Gasteiger partial charge in [-0.2, -0.15) is 0 Å². The van der Waals surface area contributed by atoms with Crippen molar-refractivity contribution in [3.05, 3.63) is 72.8 Å². The van der Waals surface area contributed by atoms with Gasteiger partial charge in [0.2, 0.25) is 0 Å². The van der Waals surface area contributed by atoms with Crippen molar-refractivity contribution in [3.63, 3.8) is 0 Å². The molecular formula is C32H35N3O2. The number of epoxide rings is 1. The number of imidazole rings is 1. The second-order valence-electron chi connectivity index (χ2n) is 10.0. The van der Waals surface area contributed by atoms with Gasteiger partial charge in [-0.25, -0.2) is 9.66 Å². The molecule has 6 rings (SSSR count). The number of ether oxygens (including phenoxy) is 2. The summed E-state index contributed by atoms with van der Waals surface area (Å²) in [4.78, 5) is 5.25. The van der Waals surface area contributed by atoms with E-state index in [2.05, 4.69) is 77.7 Å². The summed E-state index contributed by atoms with van der Waals surface area (Å²) >= 11 is 0. The smallest absolute Gasteiger partial charge is 0.159 e. The molecule has 1 fully saturated rings. The van der Waals surface area contributed by atoms with Gasteiger partial charge in [0.25, 0.3) is 0 Å². The summed E-state index contributed by atoms with van der Waals surface area (Å²) < 4.78 is 13.4. The second kappa shape index (κ2) is 10.8. The number of hydrogen-bond acceptors (Lipinski definition) is 4. The fourth-order valence-corrected chi connectivity index (χ4v) is 5.20. The van der Waals surface area contributed by atoms with Crippen LogP contribution in [0, 0.1) is 0 Å². The first-order chi connectivity index (χ1) is 18.3. The number of fused-ring (bicyclic) bond motifs is 6. The summed E-state index contributed by atoms with van der Waals surface area (Å²) in [5, 5.41) is 4.89. The number of rotatable bonds is 12. The Morgan fingerprint density at radius 1 is 0.838 bits per heavy atom. The largest absolute Gasteiger partial charge is 0.491 e. The van der Waals surface area contributed by atoms with Crippen LogP contribution < -0.4 is 10.2 Å². The highest BCUT2D eigenvalue weighted by molar-refractivity contribution is 6.23. The fraction of sp³-hybridized carbons (Fsp3) is 0.344. The van der Waals surface area contributed by atoms with Crippen LogP contribution >= 0.6 is 0 Å². The summed E-state index contributed by atoms with van der Waals surface area (Å²) in [5.74, 6) is 1.79. The van der Waals surface area contributed by atoms with Crippen LogP contribution in [0.3, 0.4) is 0 Å². The summed E-state index contributed by atoms with van der Waals surface area (Å²) in [6.07, 6.45) is 7.87. The van der Waals surface area contributed by atoms with Gasteiger partial charge in [-0.15, -0.1) is 0 Å². The van der Waals surface area contributed by atoms with Crippen molar-refractivity contribution in [2.75, 3.05) is 25.2 Å². The molecule has 0 bridgehead atoms. The standard InChI is InChI=1S/C32H35N3O2/c1-2-3-4-5-6-11-20-33-35-31-29-15-10-8-13-27(29)26-12-7-9-14-28(26)30(31)34-32(35)23-16-18-24(19-17-23)36-21-25-22-37-25/h7-10,12-19,25,33H,2-6,11,20-22H2,1H3. The Morgan fingerprint density at radius 2 is 1.49 bits per heavy atom. The van der Waals surface area contributed by atoms with Crippen LogP contribution in [0.1, 0.15) is 45.4 Å². The summed E-state index contributed by atoms with van der Waals surface area (Å²) in [6.45, 7) is 4.58. The van der Waals surface area contributed by atoms with E-state index in [0.717, 1.165) is 47.7 Å². The first-order valence-electron chi connectivity index (χ1n) is 13.7. The van der Waals surface area contributed by atoms with Crippen LogP contribution in [0.5, 0.6) is 5.75 Å². The quantitative estimate of drug-likeness (QED) is 0.110. The Morgan fingerprint density at radius 3 is 2.22 bits per heavy atom. The van der Waals surface area contributed by atoms with Crippen molar-refractivity contribution in [1.82, 2.24) is 9.66 Å². The molecule has 1 atom stereocenters. The first kappa shape index (κ1) is 23.8. The maximum absolute atomic E-state index is 5.88. The third-order valence-electron chi connectivity index (χ3n) is 7.28. The summed E-state index contributed by atoms with van der Waals surface area (Å²) in [5.41, 5.74) is 6.99. The normalized spacial score (nSPS) is 15.0. The highest BCUT2D eigenvalue weighted by Gasteiger charge is 2.23. The number of hydrogen-bond donors (Lipinski definition) is 1. The minimum Gasteiger partial charge on any atom is -0.491 e. The molecule has 1 unspecified atom stereocenters. The lowest BCUT2D eigenvalue weighted by Gasteiger charge is -2.14. The molecule has 37 heavy (non-hydrogen) atoms. The number of benzene rings is 4. The van der Waals surface area contributed by atoms with Gasteiger partial charge in [0.1, 0.15) is 18.5 Å². The Kier molecular flexibility index (Phi) is 6.96. The van der Waals surface area contributed by atoms with Crippen molar-refractivity contribution >= 4 is 32.6 Å². The molecule has 0 aliphatic carbocycles. The number of nitrogens with one attached hydrogen (secondary N) is 1. The first-order valence-corrected chi connectivity index (χ1v) is 13.7. The van der Waals surface area contributed by atoms with Crippen LogP contribution in [-0.4, -0.2) is 35.5 Å². The predicted octanol–water partition coefficient (Wildman–Crippen LogP) is 7.69. The average molecular weight is 494 g/mol. The summed E-state index contributed by atoms with van der Waals surface area (Å²) in [6, 6.07) is 25.6. The molecule has 0 amide bonds. The third-order valence-corrected chi connectivity index (χ3v) is 7.28. The van der Waals surface area contributed by atoms with Gasteiger partial charge >= 0.3 is 0 Å². The molecular weight excluding hydrogens is 458 g/mol. The maximum atomic E-state index is 5.88. The lowest BCUT2D eigenvalue weighted by atomic mass is 10.00. The number of nitrogens with zero attached hydrogens (tertiary/aromatic N) is 2. The van der Waals surface area contributed by atoms with Gasteiger partial charge in [-0.3, -0.25) is 0 Å². The molecule has 0 spiro atoms. The van der Waals surface area contributed by atoms with E-state index < -0.39 is 0 Å². The van der Waals surface area contributed by atoms with Crippen molar-refractivity contribution in [2.45, 2.75) is 51.6 Å². The maximum Gasteiger partial charge on any atom is 0.159 e. The molecule has 1 N–H and O–H groups in total. The van der Waals surface area contributed by atoms with Gasteiger partial charge in [0, 0.05) is 22.9 Å². The van der Waals surface area contributed by atoms with Gasteiger partial charge in [-0.05, 0) is 41.5 Å². The monoisotopic (exact) mass is 493 g/mol. The molecule has 1 aromatic heterocycles. The number of aromatic nitrogens is 2. The minimum atomic E-state index is 0.247. The fourth-order valence-electron chi connectivity index (χ4n) is 5.20. The molecule has 5 aromatic rings. The molecule has 0 saturated carbocycles. The Bertz CT molecular complexity index is 1500. The van der Waals surface area contributed by atoms with E-state index in [1.165, 1.54) is 53.6 Å². The van der Waals surface area contributed by atoms with E-state index in [0.29, 0.717) is 6.61 Å². The predicted molar refractivity (Wildman–Crippen MR) is 153 cm³/mol. The average Bonchev–Trinajstić information content (AvgIpc) is 3.70. The van der Waals surface area contributed by atoms with Crippen molar-refractivity contribution in [1.29, 1.82) is 0 Å². The topological polar surface area (TPSA) is 51.6 Å². The summed E-state index contributed by atoms with van der Waals surface area (Å²) in [7, 11) is 0. The molecule has 1 saturated heterocycles. The minimum absolute atomic E-state index is 0.247. The van der Waals surface area contributed by atoms with E-state index in [9.17, 15) is 0 Å². The number of unbranched alkanes of at least 4 members (excludes halogenated alkanes) is 5. The molecule has 190 valence electrons. The van der Waals surface area contributed by atoms with Gasteiger partial charge < -0.3 is 14.9 Å². The van der Waals surface area contributed by atoms with Crippen molar-refractivity contribution in [2.24, 2.45) is 0 Å². The molecule has 0 radical (unpaired) electrons. The lowest BCUT2D eigenvalue weighted by Crippen LogP contribution is -2.17. The second-order valence-corrected chi connectivity index (χ2v) is 10.0. The van der Waals surface area contributed by atoms with Crippen molar-refractivity contribution < 1.29 is 9.47 Å². The third kappa shape index (κ3) is 5.01. The highest BCUT2D eigenvalue weighted by Crippen LogP contribution is 2.37. The lowest BCUT2D eigenvalue weighted by molar-refractivity contribution is 0.263. The van der Waals surface area contributed by atoms with Gasteiger partial charge in [0.05, 0.1) is 17.6 Å². The zero-order valence-corrected chi connectivity index (χ0v) is 21.6. The van der Waals surface area contributed by atoms with E-state index in [1.807, 2.05) is 12.1 Å². The Labute approximate surface area is 218 Å². The molecule has 5 nitrogen and oxygen atoms in total. The van der Waals surface area contributed by atoms with E-state index in [1.54, 1.807) is 0 Å². The highest BCUT2D eigenvalue weighted by atomic mass is 16.6. The van der Waals surface area contributed by atoms with Gasteiger partial charge in [-0.1, -0.05) is 87.6 Å². The Balaban J connectivity index is 1.40. The van der Waals surface area contributed by atoms with E-state index >= 15 is 0 Å². The zero-order valence-electron chi connectivity index (χ0n) is 21.6. The van der Waals surface area contributed by atoms with Crippen LogP contribution in [-0.2, 0) is 4.74 Å². The SMILES string of the molecule is CCCCCCCCNn1c(-c2ccc(OCC3CO3)cc2)nc2c3ccccc3c3ccccc3c21. The Hall–Kier alpha value is -3.57. The van der Waals surface area contributed by atoms with Crippen LogP contribution in [0.4, 0.5) is 0 Å². The van der Waals surface area contributed by atoms with E-state index in [-0.39, 0.29) is 6.10 Å². The van der Waals surface area contributed by atoms with Crippen LogP contribution in [0.2, 0.25) is 0 Å². The zero-order chi connectivity index (χ0) is 25.0. The van der Waals surface area contributed by atoms with E-state index in [4.69, 9.17) is 14.5 Å². The molecule has 1 aliphatic rings. The van der Waals surface area contributed by atoms with Gasteiger partial charge in [0.15, 0.2) is 5.82 Å². The van der Waals surface area contributed by atoms with Crippen LogP contribution in [0.15, 0.2) is 72.8 Å².